The van der Waals surface area contributed by atoms with Crippen molar-refractivity contribution >= 4 is 6.41 Å². The smallest absolute Gasteiger partial charge is 0.207 e. The monoisotopic (exact) mass is 263 g/mol. The number of amides is 1. The van der Waals surface area contributed by atoms with Crippen LogP contribution in [0.1, 0.15) is 30.5 Å². The summed E-state index contributed by atoms with van der Waals surface area (Å²) in [6, 6.07) is 17.7. The van der Waals surface area contributed by atoms with Gasteiger partial charge in [0.15, 0.2) is 0 Å². The summed E-state index contributed by atoms with van der Waals surface area (Å²) in [6.07, 6.45) is 0.724. The number of rotatable bonds is 3. The summed E-state index contributed by atoms with van der Waals surface area (Å²) in [4.78, 5) is 10.7. The minimum Gasteiger partial charge on any atom is -0.350 e. The maximum atomic E-state index is 10.7. The van der Waals surface area contributed by atoms with Gasteiger partial charge in [-0.25, -0.2) is 0 Å². The lowest BCUT2D eigenvalue weighted by Crippen LogP contribution is -2.36. The lowest BCUT2D eigenvalue weighted by atomic mass is 9.90. The second kappa shape index (κ2) is 6.08. The highest BCUT2D eigenvalue weighted by molar-refractivity contribution is 5.53. The van der Waals surface area contributed by atoms with Gasteiger partial charge in [-0.05, 0) is 37.6 Å². The molecule has 2 aromatic carbocycles. The summed E-state index contributed by atoms with van der Waals surface area (Å²) >= 11 is 0. The molecule has 0 saturated heterocycles. The first-order valence-electron chi connectivity index (χ1n) is 6.51. The molecule has 20 heavy (non-hydrogen) atoms. The maximum Gasteiger partial charge on any atom is 0.207 e. The molecule has 2 heteroatoms. The van der Waals surface area contributed by atoms with E-state index in [4.69, 9.17) is 0 Å². The van der Waals surface area contributed by atoms with Gasteiger partial charge in [0.2, 0.25) is 6.41 Å². The highest BCUT2D eigenvalue weighted by atomic mass is 16.1. The van der Waals surface area contributed by atoms with E-state index in [0.717, 1.165) is 23.1 Å². The predicted octanol–water partition coefficient (Wildman–Crippen LogP) is 3.07. The summed E-state index contributed by atoms with van der Waals surface area (Å²) in [5.41, 5.74) is 2.47. The quantitative estimate of drug-likeness (QED) is 0.669. The number of hydrogen-bond acceptors (Lipinski definition) is 1. The summed E-state index contributed by atoms with van der Waals surface area (Å²) in [6.45, 7) is 3.93. The fraction of sp³-hybridized carbons (Fsp3) is 0.167. The summed E-state index contributed by atoms with van der Waals surface area (Å²) in [5.74, 6) is 6.34. The molecule has 1 amide bonds. The van der Waals surface area contributed by atoms with Crippen LogP contribution < -0.4 is 5.32 Å². The Morgan fingerprint density at radius 3 is 2.30 bits per heavy atom. The van der Waals surface area contributed by atoms with E-state index in [1.807, 2.05) is 68.4 Å². The van der Waals surface area contributed by atoms with Gasteiger partial charge in [0.25, 0.3) is 0 Å². The van der Waals surface area contributed by atoms with E-state index in [1.165, 1.54) is 0 Å². The molecule has 0 aliphatic rings. The molecule has 1 N–H and O–H groups in total. The van der Waals surface area contributed by atoms with Gasteiger partial charge in [-0.3, -0.25) is 4.79 Å². The van der Waals surface area contributed by atoms with E-state index < -0.39 is 5.54 Å². The van der Waals surface area contributed by atoms with E-state index in [2.05, 4.69) is 17.2 Å². The molecular weight excluding hydrogens is 246 g/mol. The van der Waals surface area contributed by atoms with Crippen molar-refractivity contribution in [1.82, 2.24) is 5.32 Å². The highest BCUT2D eigenvalue weighted by Gasteiger charge is 2.21. The van der Waals surface area contributed by atoms with E-state index in [0.29, 0.717) is 0 Å². The Hall–Kier alpha value is -2.53. The Balaban J connectivity index is 2.39. The van der Waals surface area contributed by atoms with Gasteiger partial charge in [0.1, 0.15) is 0 Å². The van der Waals surface area contributed by atoms with Gasteiger partial charge in [-0.15, -0.1) is 0 Å². The van der Waals surface area contributed by atoms with Crippen molar-refractivity contribution in [3.8, 4) is 11.8 Å². The maximum absolute atomic E-state index is 10.7. The van der Waals surface area contributed by atoms with Crippen molar-refractivity contribution in [2.75, 3.05) is 0 Å². The minimum absolute atomic E-state index is 0.441. The Morgan fingerprint density at radius 1 is 0.950 bits per heavy atom. The average molecular weight is 263 g/mol. The van der Waals surface area contributed by atoms with E-state index >= 15 is 0 Å². The van der Waals surface area contributed by atoms with Crippen molar-refractivity contribution in [3.63, 3.8) is 0 Å². The first kappa shape index (κ1) is 13.9. The van der Waals surface area contributed by atoms with Crippen molar-refractivity contribution in [2.24, 2.45) is 0 Å². The molecule has 0 aliphatic carbocycles. The Labute approximate surface area is 119 Å². The molecule has 0 fully saturated rings. The van der Waals surface area contributed by atoms with Gasteiger partial charge in [0.05, 0.1) is 5.54 Å². The third-order valence-electron chi connectivity index (χ3n) is 3.14. The molecule has 0 spiro atoms. The molecule has 100 valence electrons. The Morgan fingerprint density at radius 2 is 1.60 bits per heavy atom. The minimum atomic E-state index is -0.441. The molecule has 2 rings (SSSR count). The number of carbonyl (C=O) groups is 1. The van der Waals surface area contributed by atoms with Crippen LogP contribution in [0.5, 0.6) is 0 Å². The third-order valence-corrected chi connectivity index (χ3v) is 3.14. The fourth-order valence-electron chi connectivity index (χ4n) is 2.02. The number of carbonyl (C=O) groups excluding carboxylic acids is 1. The van der Waals surface area contributed by atoms with Crippen LogP contribution in [0.3, 0.4) is 0 Å². The zero-order valence-corrected chi connectivity index (χ0v) is 11.7. The second-order valence-corrected chi connectivity index (χ2v) is 5.05. The number of hydrogen-bond donors (Lipinski definition) is 1. The SMILES string of the molecule is CC(C)(NC=O)c1ccccc1C#Cc1ccccc1. The van der Waals surface area contributed by atoms with Gasteiger partial charge >= 0.3 is 0 Å². The normalized spacial score (nSPS) is 10.3. The molecule has 0 saturated carbocycles. The zero-order valence-electron chi connectivity index (χ0n) is 11.7. The third kappa shape index (κ3) is 3.27. The molecule has 0 aromatic heterocycles. The molecule has 2 nitrogen and oxygen atoms in total. The standard InChI is InChI=1S/C18H17NO/c1-18(2,19-14-20)17-11-7-6-10-16(17)13-12-15-8-4-3-5-9-15/h3-11,14H,1-2H3,(H,19,20). The van der Waals surface area contributed by atoms with Crippen LogP contribution in [0.4, 0.5) is 0 Å². The van der Waals surface area contributed by atoms with Crippen molar-refractivity contribution in [2.45, 2.75) is 19.4 Å². The molecule has 0 radical (unpaired) electrons. The Kier molecular flexibility index (Phi) is 4.22. The van der Waals surface area contributed by atoms with Crippen LogP contribution in [-0.2, 0) is 10.3 Å². The molecule has 0 unspecified atom stereocenters. The number of nitrogens with one attached hydrogen (secondary N) is 1. The van der Waals surface area contributed by atoms with Crippen LogP contribution in [0.25, 0.3) is 0 Å². The Bertz CT molecular complexity index is 648. The molecular formula is C18H17NO. The molecule has 2 aromatic rings. The van der Waals surface area contributed by atoms with E-state index in [1.54, 1.807) is 0 Å². The molecule has 0 aliphatic heterocycles. The molecule has 0 atom stereocenters. The van der Waals surface area contributed by atoms with Gasteiger partial charge in [-0.1, -0.05) is 48.2 Å². The lowest BCUT2D eigenvalue weighted by Gasteiger charge is -2.25. The predicted molar refractivity (Wildman–Crippen MR) is 81.1 cm³/mol. The number of benzene rings is 2. The fourth-order valence-corrected chi connectivity index (χ4v) is 2.02. The van der Waals surface area contributed by atoms with Gasteiger partial charge < -0.3 is 5.32 Å². The van der Waals surface area contributed by atoms with Crippen LogP contribution in [0, 0.1) is 11.8 Å². The van der Waals surface area contributed by atoms with Crippen molar-refractivity contribution in [1.29, 1.82) is 0 Å². The van der Waals surface area contributed by atoms with Crippen molar-refractivity contribution < 1.29 is 4.79 Å². The lowest BCUT2D eigenvalue weighted by molar-refractivity contribution is -0.111. The van der Waals surface area contributed by atoms with Crippen LogP contribution in [0.15, 0.2) is 54.6 Å². The topological polar surface area (TPSA) is 29.1 Å². The second-order valence-electron chi connectivity index (χ2n) is 5.05. The van der Waals surface area contributed by atoms with Crippen molar-refractivity contribution in [3.05, 3.63) is 71.3 Å². The molecule has 0 bridgehead atoms. The average Bonchev–Trinajstić information content (AvgIpc) is 2.46. The largest absolute Gasteiger partial charge is 0.350 e. The molecule has 0 heterocycles. The van der Waals surface area contributed by atoms with Gasteiger partial charge in [0, 0.05) is 11.1 Å². The summed E-state index contributed by atoms with van der Waals surface area (Å²) in [7, 11) is 0. The van der Waals surface area contributed by atoms with Gasteiger partial charge in [-0.2, -0.15) is 0 Å². The zero-order chi connectivity index (χ0) is 14.4. The first-order chi connectivity index (χ1) is 9.63. The highest BCUT2D eigenvalue weighted by Crippen LogP contribution is 2.22. The van der Waals surface area contributed by atoms with E-state index in [-0.39, 0.29) is 0 Å². The summed E-state index contributed by atoms with van der Waals surface area (Å²) < 4.78 is 0. The van der Waals surface area contributed by atoms with Crippen LogP contribution >= 0.6 is 0 Å². The van der Waals surface area contributed by atoms with Crippen LogP contribution in [-0.4, -0.2) is 6.41 Å². The van der Waals surface area contributed by atoms with Crippen LogP contribution in [0.2, 0.25) is 0 Å². The first-order valence-corrected chi connectivity index (χ1v) is 6.51. The summed E-state index contributed by atoms with van der Waals surface area (Å²) in [5, 5.41) is 2.83. The van der Waals surface area contributed by atoms with E-state index in [9.17, 15) is 4.79 Å².